The summed E-state index contributed by atoms with van der Waals surface area (Å²) in [5, 5.41) is 19.6. The fraction of sp³-hybridized carbons (Fsp3) is 0.0588. The molecule has 1 aliphatic heterocycles. The van der Waals surface area contributed by atoms with Crippen LogP contribution in [0.15, 0.2) is 64.0 Å². The van der Waals surface area contributed by atoms with Gasteiger partial charge in [0.15, 0.2) is 11.0 Å². The van der Waals surface area contributed by atoms with E-state index >= 15 is 0 Å². The van der Waals surface area contributed by atoms with Crippen molar-refractivity contribution in [1.29, 1.82) is 0 Å². The predicted octanol–water partition coefficient (Wildman–Crippen LogP) is 3.07. The van der Waals surface area contributed by atoms with Gasteiger partial charge in [-0.2, -0.15) is 0 Å². The van der Waals surface area contributed by atoms with E-state index < -0.39 is 9.84 Å². The van der Waals surface area contributed by atoms with Crippen molar-refractivity contribution in [1.82, 2.24) is 14.8 Å². The van der Waals surface area contributed by atoms with Crippen molar-refractivity contribution in [3.63, 3.8) is 0 Å². The van der Waals surface area contributed by atoms with Gasteiger partial charge in [-0.1, -0.05) is 18.2 Å². The maximum Gasteiger partial charge on any atom is 0.201 e. The molecule has 0 unspecified atom stereocenters. The van der Waals surface area contributed by atoms with E-state index in [2.05, 4.69) is 10.2 Å². The van der Waals surface area contributed by atoms with E-state index in [1.807, 2.05) is 13.1 Å². The van der Waals surface area contributed by atoms with Gasteiger partial charge in [0.1, 0.15) is 5.75 Å². The number of aromatic nitrogens is 3. The second kappa shape index (κ2) is 5.75. The van der Waals surface area contributed by atoms with Crippen molar-refractivity contribution >= 4 is 26.5 Å². The number of nitrogens with zero attached hydrogens (tertiary/aromatic N) is 3. The van der Waals surface area contributed by atoms with E-state index in [-0.39, 0.29) is 5.75 Å². The molecule has 1 aromatic heterocycles. The minimum Gasteiger partial charge on any atom is -0.508 e. The van der Waals surface area contributed by atoms with Gasteiger partial charge in [0.2, 0.25) is 9.84 Å². The van der Waals surface area contributed by atoms with Crippen LogP contribution in [0.4, 0.5) is 0 Å². The molecular weight excluding hydrogens is 358 g/mol. The van der Waals surface area contributed by atoms with E-state index in [4.69, 9.17) is 0 Å². The highest BCUT2D eigenvalue weighted by molar-refractivity contribution is 8.09. The van der Waals surface area contributed by atoms with Gasteiger partial charge in [-0.3, -0.25) is 0 Å². The van der Waals surface area contributed by atoms with Gasteiger partial charge in [-0.05, 0) is 42.1 Å². The van der Waals surface area contributed by atoms with Crippen molar-refractivity contribution in [2.75, 3.05) is 0 Å². The Labute approximate surface area is 148 Å². The number of rotatable bonds is 3. The van der Waals surface area contributed by atoms with Gasteiger partial charge in [0.05, 0.1) is 10.3 Å². The second-order valence-electron chi connectivity index (χ2n) is 5.54. The fourth-order valence-corrected chi connectivity index (χ4v) is 5.34. The van der Waals surface area contributed by atoms with Gasteiger partial charge >= 0.3 is 0 Å². The monoisotopic (exact) mass is 371 g/mol. The summed E-state index contributed by atoms with van der Waals surface area (Å²) in [6.45, 7) is 0. The SMILES string of the molecule is Cn1c(SC2=CS(=O)(=O)c3ccccc32)nnc1-c1ccc(O)cc1. The van der Waals surface area contributed by atoms with Gasteiger partial charge in [-0.25, -0.2) is 8.42 Å². The molecular formula is C17H13N3O3S2. The zero-order valence-corrected chi connectivity index (χ0v) is 14.8. The van der Waals surface area contributed by atoms with E-state index in [9.17, 15) is 13.5 Å². The predicted molar refractivity (Wildman–Crippen MR) is 95.6 cm³/mol. The van der Waals surface area contributed by atoms with Crippen LogP contribution < -0.4 is 0 Å². The maximum atomic E-state index is 12.2. The van der Waals surface area contributed by atoms with E-state index in [1.165, 1.54) is 17.2 Å². The van der Waals surface area contributed by atoms with Gasteiger partial charge in [0.25, 0.3) is 0 Å². The molecule has 2 aromatic carbocycles. The number of thioether (sulfide) groups is 1. The average Bonchev–Trinajstić information content (AvgIpc) is 3.07. The Balaban J connectivity index is 1.71. The molecule has 0 spiro atoms. The number of phenolic OH excluding ortho intramolecular Hbond substituents is 1. The van der Waals surface area contributed by atoms with Crippen LogP contribution in [0.5, 0.6) is 5.75 Å². The fourth-order valence-electron chi connectivity index (χ4n) is 2.63. The third kappa shape index (κ3) is 2.73. The third-order valence-electron chi connectivity index (χ3n) is 3.88. The van der Waals surface area contributed by atoms with Crippen molar-refractivity contribution in [3.8, 4) is 17.1 Å². The molecule has 0 atom stereocenters. The first-order chi connectivity index (χ1) is 12.0. The Hall–Kier alpha value is -2.58. The van der Waals surface area contributed by atoms with Crippen LogP contribution in [0, 0.1) is 0 Å². The number of aromatic hydroxyl groups is 1. The molecule has 0 saturated carbocycles. The molecule has 1 N–H and O–H groups in total. The van der Waals surface area contributed by atoms with Crippen LogP contribution in [0.2, 0.25) is 0 Å². The number of fused-ring (bicyclic) bond motifs is 1. The van der Waals surface area contributed by atoms with Crippen LogP contribution in [0.1, 0.15) is 5.56 Å². The Morgan fingerprint density at radius 2 is 1.76 bits per heavy atom. The molecule has 0 bridgehead atoms. The number of sulfone groups is 1. The Morgan fingerprint density at radius 3 is 2.52 bits per heavy atom. The first kappa shape index (κ1) is 15.9. The lowest BCUT2D eigenvalue weighted by Gasteiger charge is -2.05. The summed E-state index contributed by atoms with van der Waals surface area (Å²) in [6, 6.07) is 13.6. The number of hydrogen-bond donors (Lipinski definition) is 1. The number of benzene rings is 2. The summed E-state index contributed by atoms with van der Waals surface area (Å²) >= 11 is 1.26. The zero-order valence-electron chi connectivity index (χ0n) is 13.1. The van der Waals surface area contributed by atoms with Crippen LogP contribution in [0.25, 0.3) is 16.3 Å². The Morgan fingerprint density at radius 1 is 1.04 bits per heavy atom. The summed E-state index contributed by atoms with van der Waals surface area (Å²) in [4.78, 5) is 0.946. The molecule has 126 valence electrons. The number of phenols is 1. The minimum atomic E-state index is -3.41. The molecule has 8 heteroatoms. The molecule has 0 aliphatic carbocycles. The molecule has 0 saturated heterocycles. The second-order valence-corrected chi connectivity index (χ2v) is 8.31. The van der Waals surface area contributed by atoms with Crippen LogP contribution in [0.3, 0.4) is 0 Å². The summed E-state index contributed by atoms with van der Waals surface area (Å²) in [5.41, 5.74) is 1.50. The summed E-state index contributed by atoms with van der Waals surface area (Å²) in [7, 11) is -1.59. The summed E-state index contributed by atoms with van der Waals surface area (Å²) in [5.74, 6) is 0.815. The first-order valence-corrected chi connectivity index (χ1v) is 9.75. The highest BCUT2D eigenvalue weighted by atomic mass is 32.2. The minimum absolute atomic E-state index is 0.179. The Bertz CT molecular complexity index is 1100. The highest BCUT2D eigenvalue weighted by Crippen LogP contribution is 2.42. The van der Waals surface area contributed by atoms with Crippen molar-refractivity contribution in [2.24, 2.45) is 7.05 Å². The molecule has 0 radical (unpaired) electrons. The molecule has 1 aliphatic rings. The lowest BCUT2D eigenvalue weighted by atomic mass is 10.2. The van der Waals surface area contributed by atoms with E-state index in [0.29, 0.717) is 26.3 Å². The van der Waals surface area contributed by atoms with E-state index in [0.717, 1.165) is 5.56 Å². The van der Waals surface area contributed by atoms with Gasteiger partial charge < -0.3 is 9.67 Å². The lowest BCUT2D eigenvalue weighted by molar-refractivity contribution is 0.475. The summed E-state index contributed by atoms with van der Waals surface area (Å²) < 4.78 is 26.3. The number of hydrogen-bond acceptors (Lipinski definition) is 6. The third-order valence-corrected chi connectivity index (χ3v) is 6.64. The lowest BCUT2D eigenvalue weighted by Crippen LogP contribution is -1.94. The van der Waals surface area contributed by atoms with Gasteiger partial charge in [0, 0.05) is 23.1 Å². The average molecular weight is 371 g/mol. The standard InChI is InChI=1S/C17H13N3O3S2/c1-20-16(11-6-8-12(21)9-7-11)18-19-17(20)24-14-10-25(22,23)15-5-3-2-4-13(14)15/h2-10,21H,1H3. The molecule has 0 amide bonds. The van der Waals surface area contributed by atoms with Crippen molar-refractivity contribution in [2.45, 2.75) is 10.1 Å². The topological polar surface area (TPSA) is 85.1 Å². The molecule has 4 rings (SSSR count). The smallest absolute Gasteiger partial charge is 0.201 e. The molecule has 3 aromatic rings. The normalized spacial score (nSPS) is 15.0. The van der Waals surface area contributed by atoms with E-state index in [1.54, 1.807) is 47.0 Å². The molecule has 2 heterocycles. The first-order valence-electron chi connectivity index (χ1n) is 7.38. The molecule has 0 fully saturated rings. The van der Waals surface area contributed by atoms with Crippen LogP contribution in [-0.4, -0.2) is 28.3 Å². The van der Waals surface area contributed by atoms with Crippen LogP contribution >= 0.6 is 11.8 Å². The van der Waals surface area contributed by atoms with Crippen LogP contribution in [-0.2, 0) is 16.9 Å². The molecule has 25 heavy (non-hydrogen) atoms. The summed E-state index contributed by atoms with van der Waals surface area (Å²) in [6.07, 6.45) is 0. The maximum absolute atomic E-state index is 12.2. The van der Waals surface area contributed by atoms with Crippen molar-refractivity contribution < 1.29 is 13.5 Å². The largest absolute Gasteiger partial charge is 0.508 e. The Kier molecular flexibility index (Phi) is 3.66. The molecule has 6 nitrogen and oxygen atoms in total. The quantitative estimate of drug-likeness (QED) is 0.762. The zero-order chi connectivity index (χ0) is 17.6. The highest BCUT2D eigenvalue weighted by Gasteiger charge is 2.28. The van der Waals surface area contributed by atoms with Crippen molar-refractivity contribution in [3.05, 3.63) is 59.5 Å². The van der Waals surface area contributed by atoms with Gasteiger partial charge in [-0.15, -0.1) is 10.2 Å².